The maximum atomic E-state index is 10.9. The third-order valence-corrected chi connectivity index (χ3v) is 2.29. The average Bonchev–Trinajstić information content (AvgIpc) is 1.88. The molecule has 2 unspecified atom stereocenters. The molecule has 0 aromatic heterocycles. The molecule has 0 aliphatic heterocycles. The largest absolute Gasteiger partial charge is 0.328 e. The molecule has 0 radical (unpaired) electrons. The van der Waals surface area contributed by atoms with E-state index in [4.69, 9.17) is 5.73 Å². The van der Waals surface area contributed by atoms with Gasteiger partial charge in [0.15, 0.2) is 0 Å². The zero-order valence-corrected chi connectivity index (χ0v) is 7.69. The molecule has 2 N–H and O–H groups in total. The lowest BCUT2D eigenvalue weighted by atomic mass is 9.84. The van der Waals surface area contributed by atoms with Gasteiger partial charge < -0.3 is 5.73 Å². The molecule has 0 amide bonds. The summed E-state index contributed by atoms with van der Waals surface area (Å²) in [6, 6.07) is 0.280. The van der Waals surface area contributed by atoms with Crippen molar-refractivity contribution in [3.63, 3.8) is 0 Å². The number of halogens is 1. The summed E-state index contributed by atoms with van der Waals surface area (Å²) >= 11 is 0. The van der Waals surface area contributed by atoms with Crippen molar-refractivity contribution in [2.45, 2.75) is 38.6 Å². The van der Waals surface area contributed by atoms with E-state index in [0.29, 0.717) is 5.78 Å². The van der Waals surface area contributed by atoms with E-state index in [9.17, 15) is 4.79 Å². The molecule has 0 aromatic carbocycles. The Labute approximate surface area is 73.9 Å². The lowest BCUT2D eigenvalue weighted by Gasteiger charge is -2.24. The minimum absolute atomic E-state index is 0. The summed E-state index contributed by atoms with van der Waals surface area (Å²) in [5, 5.41) is 0. The van der Waals surface area contributed by atoms with Gasteiger partial charge in [-0.25, -0.2) is 0 Å². The third kappa shape index (κ3) is 3.21. The quantitative estimate of drug-likeness (QED) is 0.660. The first kappa shape index (κ1) is 10.9. The molecule has 2 nitrogen and oxygen atoms in total. The van der Waals surface area contributed by atoms with Crippen LogP contribution < -0.4 is 5.73 Å². The first-order chi connectivity index (χ1) is 4.70. The van der Waals surface area contributed by atoms with Crippen LogP contribution in [-0.2, 0) is 4.79 Å². The van der Waals surface area contributed by atoms with Gasteiger partial charge in [-0.3, -0.25) is 4.79 Å². The Morgan fingerprint density at radius 3 is 2.45 bits per heavy atom. The summed E-state index contributed by atoms with van der Waals surface area (Å²) in [6.07, 6.45) is 4.20. The fourth-order valence-electron chi connectivity index (χ4n) is 1.60. The van der Waals surface area contributed by atoms with Crippen LogP contribution in [0.25, 0.3) is 0 Å². The van der Waals surface area contributed by atoms with E-state index in [1.165, 1.54) is 0 Å². The second kappa shape index (κ2) is 4.73. The number of nitrogens with two attached hydrogens (primary N) is 1. The van der Waals surface area contributed by atoms with Crippen molar-refractivity contribution in [1.82, 2.24) is 0 Å². The molecule has 0 heterocycles. The molecule has 66 valence electrons. The molecule has 0 aromatic rings. The minimum Gasteiger partial charge on any atom is -0.328 e. The number of rotatable bonds is 1. The molecule has 1 rings (SSSR count). The van der Waals surface area contributed by atoms with E-state index < -0.39 is 0 Å². The number of ketones is 1. The maximum Gasteiger partial charge on any atom is 0.132 e. The Balaban J connectivity index is 0.000001000. The van der Waals surface area contributed by atoms with Gasteiger partial charge in [-0.1, -0.05) is 6.42 Å². The Bertz CT molecular complexity index is 138. The second-order valence-corrected chi connectivity index (χ2v) is 3.23. The summed E-state index contributed by atoms with van der Waals surface area (Å²) in [4.78, 5) is 10.9. The van der Waals surface area contributed by atoms with E-state index in [0.717, 1.165) is 25.7 Å². The van der Waals surface area contributed by atoms with Gasteiger partial charge >= 0.3 is 0 Å². The summed E-state index contributed by atoms with van der Waals surface area (Å²) in [6.45, 7) is 1.67. The van der Waals surface area contributed by atoms with Crippen molar-refractivity contribution < 1.29 is 4.79 Å². The fourth-order valence-corrected chi connectivity index (χ4v) is 1.60. The highest BCUT2D eigenvalue weighted by molar-refractivity contribution is 5.85. The predicted octanol–water partition coefficient (Wildman–Crippen LogP) is 1.51. The summed E-state index contributed by atoms with van der Waals surface area (Å²) in [7, 11) is 0. The second-order valence-electron chi connectivity index (χ2n) is 3.23. The van der Waals surface area contributed by atoms with Crippen LogP contribution in [-0.4, -0.2) is 11.8 Å². The zero-order valence-electron chi connectivity index (χ0n) is 6.88. The van der Waals surface area contributed by atoms with Crippen molar-refractivity contribution in [3.05, 3.63) is 0 Å². The number of carbonyl (C=O) groups is 1. The number of hydrogen-bond donors (Lipinski definition) is 1. The van der Waals surface area contributed by atoms with Crippen LogP contribution in [0.3, 0.4) is 0 Å². The number of hydrogen-bond acceptors (Lipinski definition) is 2. The number of Topliss-reactive ketones (excluding diaryl/α,β-unsaturated/α-hetero) is 1. The molecule has 1 aliphatic rings. The highest BCUT2D eigenvalue weighted by atomic mass is 35.5. The Kier molecular flexibility index (Phi) is 4.69. The molecule has 0 bridgehead atoms. The van der Waals surface area contributed by atoms with Crippen LogP contribution in [0.2, 0.25) is 0 Å². The molecule has 0 saturated heterocycles. The SMILES string of the molecule is CC(=O)C1CCCC(N)C1.Cl. The summed E-state index contributed by atoms with van der Waals surface area (Å²) < 4.78 is 0. The Morgan fingerprint density at radius 1 is 1.45 bits per heavy atom. The van der Waals surface area contributed by atoms with Crippen LogP contribution in [0.5, 0.6) is 0 Å². The predicted molar refractivity (Wildman–Crippen MR) is 47.9 cm³/mol. The standard InChI is InChI=1S/C8H15NO.ClH/c1-6(10)7-3-2-4-8(9)5-7;/h7-8H,2-5,9H2,1H3;1H. The van der Waals surface area contributed by atoms with Crippen molar-refractivity contribution in [2.24, 2.45) is 11.7 Å². The average molecular weight is 178 g/mol. The molecular formula is C8H16ClNO. The smallest absolute Gasteiger partial charge is 0.132 e. The normalized spacial score (nSPS) is 30.7. The molecule has 1 aliphatic carbocycles. The zero-order chi connectivity index (χ0) is 7.56. The Hall–Kier alpha value is -0.0800. The van der Waals surface area contributed by atoms with E-state index in [1.54, 1.807) is 6.92 Å². The van der Waals surface area contributed by atoms with Crippen molar-refractivity contribution in [2.75, 3.05) is 0 Å². The van der Waals surface area contributed by atoms with Crippen LogP contribution in [0.4, 0.5) is 0 Å². The van der Waals surface area contributed by atoms with Crippen molar-refractivity contribution in [1.29, 1.82) is 0 Å². The summed E-state index contributed by atoms with van der Waals surface area (Å²) in [5.74, 6) is 0.582. The van der Waals surface area contributed by atoms with E-state index in [-0.39, 0.29) is 24.4 Å². The van der Waals surface area contributed by atoms with Crippen molar-refractivity contribution >= 4 is 18.2 Å². The molecule has 0 spiro atoms. The lowest BCUT2D eigenvalue weighted by molar-refractivity contribution is -0.121. The Morgan fingerprint density at radius 2 is 2.09 bits per heavy atom. The van der Waals surface area contributed by atoms with Crippen molar-refractivity contribution in [3.8, 4) is 0 Å². The van der Waals surface area contributed by atoms with Gasteiger partial charge in [-0.15, -0.1) is 12.4 Å². The fraction of sp³-hybridized carbons (Fsp3) is 0.875. The van der Waals surface area contributed by atoms with Gasteiger partial charge in [-0.2, -0.15) is 0 Å². The van der Waals surface area contributed by atoms with E-state index in [1.807, 2.05) is 0 Å². The summed E-state index contributed by atoms with van der Waals surface area (Å²) in [5.41, 5.74) is 5.71. The molecule has 1 saturated carbocycles. The highest BCUT2D eigenvalue weighted by Gasteiger charge is 2.21. The van der Waals surface area contributed by atoms with Gasteiger partial charge in [0.1, 0.15) is 5.78 Å². The van der Waals surface area contributed by atoms with E-state index >= 15 is 0 Å². The topological polar surface area (TPSA) is 43.1 Å². The van der Waals surface area contributed by atoms with Crippen LogP contribution >= 0.6 is 12.4 Å². The highest BCUT2D eigenvalue weighted by Crippen LogP contribution is 2.23. The monoisotopic (exact) mass is 177 g/mol. The molecule has 11 heavy (non-hydrogen) atoms. The van der Waals surface area contributed by atoms with Crippen LogP contribution in [0.1, 0.15) is 32.6 Å². The molecule has 1 fully saturated rings. The van der Waals surface area contributed by atoms with Gasteiger partial charge in [-0.05, 0) is 26.2 Å². The van der Waals surface area contributed by atoms with Gasteiger partial charge in [0.2, 0.25) is 0 Å². The first-order valence-corrected chi connectivity index (χ1v) is 3.96. The van der Waals surface area contributed by atoms with Crippen LogP contribution in [0.15, 0.2) is 0 Å². The van der Waals surface area contributed by atoms with Gasteiger partial charge in [0.05, 0.1) is 0 Å². The minimum atomic E-state index is 0. The third-order valence-electron chi connectivity index (χ3n) is 2.29. The molecule has 3 heteroatoms. The molecule has 2 atom stereocenters. The first-order valence-electron chi connectivity index (χ1n) is 3.96. The van der Waals surface area contributed by atoms with Gasteiger partial charge in [0, 0.05) is 12.0 Å². The van der Waals surface area contributed by atoms with E-state index in [2.05, 4.69) is 0 Å². The number of carbonyl (C=O) groups excluding carboxylic acids is 1. The van der Waals surface area contributed by atoms with Crippen LogP contribution in [0, 0.1) is 5.92 Å². The van der Waals surface area contributed by atoms with Gasteiger partial charge in [0.25, 0.3) is 0 Å². The lowest BCUT2D eigenvalue weighted by Crippen LogP contribution is -2.30. The maximum absolute atomic E-state index is 10.9. The molecular weight excluding hydrogens is 162 g/mol.